The zero-order valence-electron chi connectivity index (χ0n) is 19.7. The van der Waals surface area contributed by atoms with Gasteiger partial charge < -0.3 is 19.3 Å². The minimum Gasteiger partial charge on any atom is -0.493 e. The van der Waals surface area contributed by atoms with Crippen LogP contribution in [0.2, 0.25) is 0 Å². The molecule has 2 heterocycles. The van der Waals surface area contributed by atoms with Crippen molar-refractivity contribution in [3.63, 3.8) is 0 Å². The topological polar surface area (TPSA) is 72.0 Å². The van der Waals surface area contributed by atoms with Gasteiger partial charge in [-0.1, -0.05) is 36.4 Å². The number of benzene rings is 3. The van der Waals surface area contributed by atoms with E-state index in [1.807, 2.05) is 24.3 Å². The molecule has 5 rings (SSSR count). The Balaban J connectivity index is 1.64. The van der Waals surface area contributed by atoms with Crippen LogP contribution in [0, 0.1) is 0 Å². The number of piperazine rings is 1. The van der Waals surface area contributed by atoms with Crippen LogP contribution in [0.3, 0.4) is 0 Å². The van der Waals surface area contributed by atoms with Gasteiger partial charge in [-0.25, -0.2) is 8.42 Å². The molecule has 0 spiro atoms. The Labute approximate surface area is 205 Å². The summed E-state index contributed by atoms with van der Waals surface area (Å²) in [6, 6.07) is 22.4. The fourth-order valence-corrected chi connectivity index (χ4v) is 6.02. The van der Waals surface area contributed by atoms with Crippen LogP contribution >= 0.6 is 0 Å². The molecule has 0 aliphatic carbocycles. The van der Waals surface area contributed by atoms with Crippen molar-refractivity contribution in [1.82, 2.24) is 4.98 Å². The number of fused-ring (bicyclic) bond motifs is 1. The third kappa shape index (κ3) is 4.25. The fourth-order valence-electron chi connectivity index (χ4n) is 4.56. The summed E-state index contributed by atoms with van der Waals surface area (Å²) in [5.74, 6) is 1.08. The predicted molar refractivity (Wildman–Crippen MR) is 138 cm³/mol. The van der Waals surface area contributed by atoms with Crippen molar-refractivity contribution in [3.05, 3.63) is 79.0 Å². The molecule has 1 aliphatic rings. The van der Waals surface area contributed by atoms with E-state index in [4.69, 9.17) is 9.47 Å². The fraction of sp³-hybridized carbons (Fsp3) is 0.222. The molecule has 0 saturated carbocycles. The molecular formula is C27H27N3O4S. The zero-order valence-corrected chi connectivity index (χ0v) is 20.5. The first-order valence-corrected chi connectivity index (χ1v) is 12.9. The third-order valence-corrected chi connectivity index (χ3v) is 8.14. The van der Waals surface area contributed by atoms with E-state index in [1.54, 1.807) is 50.6 Å². The minimum atomic E-state index is -3.80. The van der Waals surface area contributed by atoms with Crippen LogP contribution in [0.5, 0.6) is 11.5 Å². The largest absolute Gasteiger partial charge is 0.493 e. The number of nitrogens with zero attached hydrogens (tertiary/aromatic N) is 3. The molecule has 35 heavy (non-hydrogen) atoms. The van der Waals surface area contributed by atoms with Crippen LogP contribution in [0.4, 0.5) is 11.4 Å². The first-order valence-electron chi connectivity index (χ1n) is 11.4. The van der Waals surface area contributed by atoms with Crippen molar-refractivity contribution in [2.75, 3.05) is 50.2 Å². The summed E-state index contributed by atoms with van der Waals surface area (Å²) in [7, 11) is -0.661. The normalized spacial score (nSPS) is 14.2. The van der Waals surface area contributed by atoms with E-state index >= 15 is 0 Å². The molecular weight excluding hydrogens is 462 g/mol. The van der Waals surface area contributed by atoms with Crippen molar-refractivity contribution in [2.24, 2.45) is 0 Å². The minimum absolute atomic E-state index is 0.191. The van der Waals surface area contributed by atoms with E-state index in [0.29, 0.717) is 41.2 Å². The molecule has 0 radical (unpaired) electrons. The van der Waals surface area contributed by atoms with Crippen LogP contribution in [-0.2, 0) is 9.84 Å². The van der Waals surface area contributed by atoms with Crippen molar-refractivity contribution >= 4 is 32.1 Å². The lowest BCUT2D eigenvalue weighted by atomic mass is 10.1. The molecule has 0 N–H and O–H groups in total. The van der Waals surface area contributed by atoms with Gasteiger partial charge in [0.1, 0.15) is 4.90 Å². The van der Waals surface area contributed by atoms with Gasteiger partial charge in [0.15, 0.2) is 11.5 Å². The van der Waals surface area contributed by atoms with Gasteiger partial charge in [0.2, 0.25) is 9.84 Å². The van der Waals surface area contributed by atoms with E-state index in [2.05, 4.69) is 26.9 Å². The molecule has 7 nitrogen and oxygen atoms in total. The van der Waals surface area contributed by atoms with Gasteiger partial charge in [-0.05, 0) is 30.3 Å². The molecule has 1 saturated heterocycles. The van der Waals surface area contributed by atoms with Crippen molar-refractivity contribution < 1.29 is 17.9 Å². The van der Waals surface area contributed by atoms with Gasteiger partial charge in [0.05, 0.1) is 30.3 Å². The highest BCUT2D eigenvalue weighted by Crippen LogP contribution is 2.41. The molecule has 1 aliphatic heterocycles. The summed E-state index contributed by atoms with van der Waals surface area (Å²) in [6.07, 6.45) is 1.47. The SMILES string of the molecule is COc1cc2ncc(S(=O)(=O)c3ccccc3)c(N3CCN(c4ccccc4)CC3)c2cc1OC. The second-order valence-electron chi connectivity index (χ2n) is 8.32. The molecule has 0 bridgehead atoms. The number of sulfone groups is 1. The highest BCUT2D eigenvalue weighted by Gasteiger charge is 2.29. The molecule has 0 amide bonds. The van der Waals surface area contributed by atoms with Gasteiger partial charge in [0.25, 0.3) is 0 Å². The molecule has 4 aromatic rings. The quantitative estimate of drug-likeness (QED) is 0.397. The number of hydrogen-bond donors (Lipinski definition) is 0. The Morgan fingerprint density at radius 1 is 0.771 bits per heavy atom. The Hall–Kier alpha value is -3.78. The maximum absolute atomic E-state index is 13.8. The number of ether oxygens (including phenoxy) is 2. The number of aromatic nitrogens is 1. The van der Waals surface area contributed by atoms with Gasteiger partial charge >= 0.3 is 0 Å². The second kappa shape index (κ2) is 9.46. The lowest BCUT2D eigenvalue weighted by Crippen LogP contribution is -2.47. The molecule has 0 atom stereocenters. The van der Waals surface area contributed by atoms with Crippen molar-refractivity contribution in [1.29, 1.82) is 0 Å². The van der Waals surface area contributed by atoms with Gasteiger partial charge in [-0.2, -0.15) is 0 Å². The van der Waals surface area contributed by atoms with Gasteiger partial charge in [0, 0.05) is 49.5 Å². The number of rotatable bonds is 6. The Morgan fingerprint density at radius 3 is 1.97 bits per heavy atom. The monoisotopic (exact) mass is 489 g/mol. The van der Waals surface area contributed by atoms with E-state index in [-0.39, 0.29) is 9.79 Å². The lowest BCUT2D eigenvalue weighted by molar-refractivity contribution is 0.356. The van der Waals surface area contributed by atoms with Gasteiger partial charge in [-0.15, -0.1) is 0 Å². The highest BCUT2D eigenvalue weighted by molar-refractivity contribution is 7.91. The predicted octanol–water partition coefficient (Wildman–Crippen LogP) is 4.41. The van der Waals surface area contributed by atoms with Crippen LogP contribution in [0.15, 0.2) is 88.8 Å². The third-order valence-electron chi connectivity index (χ3n) is 6.37. The first-order chi connectivity index (χ1) is 17.0. The number of pyridine rings is 1. The lowest BCUT2D eigenvalue weighted by Gasteiger charge is -2.38. The number of hydrogen-bond acceptors (Lipinski definition) is 7. The Morgan fingerprint density at radius 2 is 1.34 bits per heavy atom. The second-order valence-corrected chi connectivity index (χ2v) is 10.2. The molecule has 0 unspecified atom stereocenters. The summed E-state index contributed by atoms with van der Waals surface area (Å²) in [6.45, 7) is 2.87. The Kier molecular flexibility index (Phi) is 6.21. The average molecular weight is 490 g/mol. The molecule has 180 valence electrons. The van der Waals surface area contributed by atoms with E-state index in [0.717, 1.165) is 18.8 Å². The van der Waals surface area contributed by atoms with Crippen molar-refractivity contribution in [3.8, 4) is 11.5 Å². The number of para-hydroxylation sites is 1. The first kappa shape index (κ1) is 23.0. The van der Waals surface area contributed by atoms with Crippen LogP contribution < -0.4 is 19.3 Å². The summed E-state index contributed by atoms with van der Waals surface area (Å²) >= 11 is 0. The molecule has 8 heteroatoms. The average Bonchev–Trinajstić information content (AvgIpc) is 2.92. The zero-order chi connectivity index (χ0) is 24.4. The van der Waals surface area contributed by atoms with Crippen LogP contribution in [-0.4, -0.2) is 53.8 Å². The highest BCUT2D eigenvalue weighted by atomic mass is 32.2. The summed E-state index contributed by atoms with van der Waals surface area (Å²) < 4.78 is 38.5. The molecule has 1 aromatic heterocycles. The summed E-state index contributed by atoms with van der Waals surface area (Å²) in [4.78, 5) is 9.41. The molecule has 3 aromatic carbocycles. The maximum Gasteiger partial charge on any atom is 0.210 e. The Bertz CT molecular complexity index is 1440. The summed E-state index contributed by atoms with van der Waals surface area (Å²) in [5.41, 5.74) is 2.46. The van der Waals surface area contributed by atoms with Crippen LogP contribution in [0.25, 0.3) is 10.9 Å². The molecule has 1 fully saturated rings. The van der Waals surface area contributed by atoms with Gasteiger partial charge in [-0.3, -0.25) is 4.98 Å². The smallest absolute Gasteiger partial charge is 0.210 e. The number of anilines is 2. The standard InChI is InChI=1S/C27H27N3O4S/c1-33-24-17-22-23(18-25(24)34-2)28-19-26(35(31,32)21-11-7-4-8-12-21)27(22)30-15-13-29(14-16-30)20-9-5-3-6-10-20/h3-12,17-19H,13-16H2,1-2H3. The van der Waals surface area contributed by atoms with E-state index < -0.39 is 9.84 Å². The maximum atomic E-state index is 13.8. The van der Waals surface area contributed by atoms with Crippen molar-refractivity contribution in [2.45, 2.75) is 9.79 Å². The van der Waals surface area contributed by atoms with E-state index in [1.165, 1.54) is 6.20 Å². The summed E-state index contributed by atoms with van der Waals surface area (Å²) in [5, 5.41) is 0.716. The number of methoxy groups -OCH3 is 2. The van der Waals surface area contributed by atoms with Crippen LogP contribution in [0.1, 0.15) is 0 Å². The van der Waals surface area contributed by atoms with E-state index in [9.17, 15) is 8.42 Å².